The molecule has 1 N–H and O–H groups in total. The average Bonchev–Trinajstić information content (AvgIpc) is 2.73. The summed E-state index contributed by atoms with van der Waals surface area (Å²) in [6, 6.07) is 11.1. The molecule has 6 nitrogen and oxygen atoms in total. The molecule has 1 aliphatic rings. The molecule has 3 rings (SSSR count). The fourth-order valence-electron chi connectivity index (χ4n) is 2.84. The van der Waals surface area contributed by atoms with E-state index in [1.54, 1.807) is 30.3 Å². The van der Waals surface area contributed by atoms with Gasteiger partial charge in [-0.2, -0.15) is 0 Å². The predicted octanol–water partition coefficient (Wildman–Crippen LogP) is 3.23. The number of nitrogens with zero attached hydrogens (tertiary/aromatic N) is 1. The summed E-state index contributed by atoms with van der Waals surface area (Å²) in [4.78, 5) is 26.1. The van der Waals surface area contributed by atoms with Gasteiger partial charge in [-0.25, -0.2) is 4.39 Å². The van der Waals surface area contributed by atoms with Crippen LogP contribution in [0.15, 0.2) is 60.7 Å². The Morgan fingerprint density at radius 2 is 2.00 bits per heavy atom. The molecule has 0 atom stereocenters. The molecular formula is C22H19FN2O4S. The highest BCUT2D eigenvalue weighted by Gasteiger charge is 2.32. The third kappa shape index (κ3) is 4.72. The smallest absolute Gasteiger partial charge is 0.265 e. The molecule has 1 saturated heterocycles. The van der Waals surface area contributed by atoms with Crippen LogP contribution in [0.25, 0.3) is 6.08 Å². The van der Waals surface area contributed by atoms with Gasteiger partial charge in [0.25, 0.3) is 11.8 Å². The van der Waals surface area contributed by atoms with Crippen molar-refractivity contribution in [1.29, 1.82) is 0 Å². The maximum Gasteiger partial charge on any atom is 0.265 e. The van der Waals surface area contributed by atoms with Gasteiger partial charge in [0.15, 0.2) is 16.6 Å². The summed E-state index contributed by atoms with van der Waals surface area (Å²) in [6.45, 7) is 3.93. The molecule has 8 heteroatoms. The Morgan fingerprint density at radius 1 is 1.20 bits per heavy atom. The molecule has 1 fully saturated rings. The van der Waals surface area contributed by atoms with E-state index in [0.717, 1.165) is 0 Å². The van der Waals surface area contributed by atoms with Crippen molar-refractivity contribution >= 4 is 35.2 Å². The van der Waals surface area contributed by atoms with Crippen LogP contribution in [-0.4, -0.2) is 35.5 Å². The molecule has 154 valence electrons. The lowest BCUT2D eigenvalue weighted by atomic mass is 10.1. The summed E-state index contributed by atoms with van der Waals surface area (Å²) in [5.74, 6) is -0.573. The van der Waals surface area contributed by atoms with E-state index in [9.17, 15) is 14.0 Å². The van der Waals surface area contributed by atoms with Gasteiger partial charge < -0.3 is 9.47 Å². The molecule has 0 radical (unpaired) electrons. The summed E-state index contributed by atoms with van der Waals surface area (Å²) in [5, 5.41) is 2.54. The van der Waals surface area contributed by atoms with Crippen LogP contribution in [0.2, 0.25) is 0 Å². The molecule has 0 aliphatic carbocycles. The molecule has 0 saturated carbocycles. The van der Waals surface area contributed by atoms with Crippen LogP contribution in [0.4, 0.5) is 4.39 Å². The Balaban J connectivity index is 1.83. The first kappa shape index (κ1) is 21.2. The van der Waals surface area contributed by atoms with Crippen LogP contribution in [0.5, 0.6) is 11.5 Å². The molecule has 2 aromatic carbocycles. The van der Waals surface area contributed by atoms with Crippen molar-refractivity contribution < 1.29 is 23.5 Å². The summed E-state index contributed by atoms with van der Waals surface area (Å²) in [5.41, 5.74) is 1.18. The van der Waals surface area contributed by atoms with Crippen LogP contribution >= 0.6 is 12.2 Å². The van der Waals surface area contributed by atoms with E-state index in [0.29, 0.717) is 22.6 Å². The first-order chi connectivity index (χ1) is 14.4. The van der Waals surface area contributed by atoms with E-state index >= 15 is 0 Å². The SMILES string of the molecule is C=CCN1C(=O)C(=Cc2ccc(OCc3cccc(F)c3)c(OC)c2)C(=O)NC1=S. The van der Waals surface area contributed by atoms with Gasteiger partial charge >= 0.3 is 0 Å². The van der Waals surface area contributed by atoms with Gasteiger partial charge in [-0.05, 0) is 53.7 Å². The zero-order valence-electron chi connectivity index (χ0n) is 16.2. The third-order valence-corrected chi connectivity index (χ3v) is 4.60. The van der Waals surface area contributed by atoms with Gasteiger partial charge in [-0.15, -0.1) is 6.58 Å². The second kappa shape index (κ2) is 9.32. The monoisotopic (exact) mass is 426 g/mol. The van der Waals surface area contributed by atoms with Crippen molar-refractivity contribution in [2.75, 3.05) is 13.7 Å². The van der Waals surface area contributed by atoms with E-state index < -0.39 is 11.8 Å². The molecule has 2 amide bonds. The number of thiocarbonyl (C=S) groups is 1. The predicted molar refractivity (Wildman–Crippen MR) is 114 cm³/mol. The van der Waals surface area contributed by atoms with E-state index in [1.807, 2.05) is 0 Å². The molecule has 2 aromatic rings. The Morgan fingerprint density at radius 3 is 2.70 bits per heavy atom. The molecule has 0 bridgehead atoms. The zero-order valence-corrected chi connectivity index (χ0v) is 17.0. The van der Waals surface area contributed by atoms with Gasteiger partial charge in [0.05, 0.1) is 7.11 Å². The number of amides is 2. The number of rotatable bonds is 7. The molecule has 0 spiro atoms. The van der Waals surface area contributed by atoms with Gasteiger partial charge in [-0.1, -0.05) is 24.3 Å². The highest BCUT2D eigenvalue weighted by molar-refractivity contribution is 7.80. The largest absolute Gasteiger partial charge is 0.493 e. The first-order valence-electron chi connectivity index (χ1n) is 8.98. The maximum absolute atomic E-state index is 13.3. The van der Waals surface area contributed by atoms with E-state index in [-0.39, 0.29) is 29.7 Å². The lowest BCUT2D eigenvalue weighted by Crippen LogP contribution is -2.53. The lowest BCUT2D eigenvalue weighted by molar-refractivity contribution is -0.128. The molecule has 30 heavy (non-hydrogen) atoms. The van der Waals surface area contributed by atoms with Gasteiger partial charge in [0.2, 0.25) is 0 Å². The van der Waals surface area contributed by atoms with Crippen LogP contribution in [0.3, 0.4) is 0 Å². The number of nitrogens with one attached hydrogen (secondary N) is 1. The summed E-state index contributed by atoms with van der Waals surface area (Å²) >= 11 is 5.04. The average molecular weight is 426 g/mol. The fourth-order valence-corrected chi connectivity index (χ4v) is 3.09. The van der Waals surface area contributed by atoms with Crippen LogP contribution in [0.1, 0.15) is 11.1 Å². The lowest BCUT2D eigenvalue weighted by Gasteiger charge is -2.27. The normalized spacial score (nSPS) is 15.2. The second-order valence-electron chi connectivity index (χ2n) is 6.35. The number of hydrogen-bond donors (Lipinski definition) is 1. The summed E-state index contributed by atoms with van der Waals surface area (Å²) in [6.07, 6.45) is 2.97. The highest BCUT2D eigenvalue weighted by atomic mass is 32.1. The Hall–Kier alpha value is -3.52. The zero-order chi connectivity index (χ0) is 21.7. The summed E-state index contributed by atoms with van der Waals surface area (Å²) in [7, 11) is 1.48. The van der Waals surface area contributed by atoms with Gasteiger partial charge in [0.1, 0.15) is 18.0 Å². The Labute approximate surface area is 178 Å². The van der Waals surface area contributed by atoms with Crippen molar-refractivity contribution in [3.63, 3.8) is 0 Å². The molecular weight excluding hydrogens is 407 g/mol. The second-order valence-corrected chi connectivity index (χ2v) is 6.74. The van der Waals surface area contributed by atoms with Crippen molar-refractivity contribution in [3.05, 3.63) is 77.6 Å². The quantitative estimate of drug-likeness (QED) is 0.319. The third-order valence-electron chi connectivity index (χ3n) is 4.28. The molecule has 1 heterocycles. The van der Waals surface area contributed by atoms with Gasteiger partial charge in [-0.3, -0.25) is 19.8 Å². The van der Waals surface area contributed by atoms with E-state index in [4.69, 9.17) is 21.7 Å². The van der Waals surface area contributed by atoms with E-state index in [1.165, 1.54) is 36.3 Å². The standard InChI is InChI=1S/C22H19FN2O4S/c1-3-9-25-21(27)17(20(26)24-22(25)30)11-14-7-8-18(19(12-14)28-2)29-13-15-5-4-6-16(23)10-15/h3-8,10-12H,1,9,13H2,2H3,(H,24,26,30). The molecule has 0 unspecified atom stereocenters. The molecule has 1 aliphatic heterocycles. The van der Waals surface area contributed by atoms with Crippen LogP contribution in [-0.2, 0) is 16.2 Å². The highest BCUT2D eigenvalue weighted by Crippen LogP contribution is 2.30. The van der Waals surface area contributed by atoms with Crippen molar-refractivity contribution in [2.24, 2.45) is 0 Å². The summed E-state index contributed by atoms with van der Waals surface area (Å²) < 4.78 is 24.4. The van der Waals surface area contributed by atoms with Gasteiger partial charge in [0, 0.05) is 6.54 Å². The first-order valence-corrected chi connectivity index (χ1v) is 9.39. The van der Waals surface area contributed by atoms with Crippen molar-refractivity contribution in [3.8, 4) is 11.5 Å². The number of ether oxygens (including phenoxy) is 2. The minimum Gasteiger partial charge on any atom is -0.493 e. The number of hydrogen-bond acceptors (Lipinski definition) is 5. The van der Waals surface area contributed by atoms with Crippen molar-refractivity contribution in [2.45, 2.75) is 6.61 Å². The number of benzene rings is 2. The Kier molecular flexibility index (Phi) is 6.58. The van der Waals surface area contributed by atoms with E-state index in [2.05, 4.69) is 11.9 Å². The van der Waals surface area contributed by atoms with Crippen molar-refractivity contribution in [1.82, 2.24) is 10.2 Å². The minimum absolute atomic E-state index is 0.0423. The maximum atomic E-state index is 13.3. The number of carbonyl (C=O) groups excluding carboxylic acids is 2. The number of carbonyl (C=O) groups is 2. The number of halogens is 1. The van der Waals surface area contributed by atoms with Crippen LogP contribution < -0.4 is 14.8 Å². The molecule has 0 aromatic heterocycles. The fraction of sp³-hybridized carbons (Fsp3) is 0.136. The topological polar surface area (TPSA) is 67.9 Å². The minimum atomic E-state index is -0.573. The Bertz CT molecular complexity index is 1050. The van der Waals surface area contributed by atoms with Crippen LogP contribution in [0, 0.1) is 5.82 Å². The number of methoxy groups -OCH3 is 1.